The van der Waals surface area contributed by atoms with Gasteiger partial charge in [-0.3, -0.25) is 4.79 Å². The lowest BCUT2D eigenvalue weighted by Crippen LogP contribution is -2.32. The molecule has 0 aliphatic carbocycles. The summed E-state index contributed by atoms with van der Waals surface area (Å²) in [5, 5.41) is 0. The molecule has 6 heteroatoms. The fourth-order valence-corrected chi connectivity index (χ4v) is 2.42. The highest BCUT2D eigenvalue weighted by Crippen LogP contribution is 2.31. The number of methoxy groups -OCH3 is 1. The van der Waals surface area contributed by atoms with Crippen molar-refractivity contribution >= 4 is 11.6 Å². The Balaban J connectivity index is 2.31. The summed E-state index contributed by atoms with van der Waals surface area (Å²) < 4.78 is 38.7. The van der Waals surface area contributed by atoms with Gasteiger partial charge in [-0.1, -0.05) is 6.08 Å². The van der Waals surface area contributed by atoms with Gasteiger partial charge in [-0.15, -0.1) is 0 Å². The molecule has 1 aromatic rings. The average molecular weight is 311 g/mol. The summed E-state index contributed by atoms with van der Waals surface area (Å²) in [4.78, 5) is 13.3. The first kappa shape index (κ1) is 16.4. The SMILES string of the molecule is CCN1C(=O)CCC=C1c1c(F)cc(OCCOC)cc1F. The van der Waals surface area contributed by atoms with E-state index >= 15 is 0 Å². The van der Waals surface area contributed by atoms with E-state index in [1.165, 1.54) is 12.0 Å². The molecule has 0 unspecified atom stereocenters. The zero-order valence-electron chi connectivity index (χ0n) is 12.7. The van der Waals surface area contributed by atoms with Crippen molar-refractivity contribution < 1.29 is 23.0 Å². The van der Waals surface area contributed by atoms with Gasteiger partial charge in [-0.25, -0.2) is 8.78 Å². The van der Waals surface area contributed by atoms with Gasteiger partial charge in [0.2, 0.25) is 5.91 Å². The lowest BCUT2D eigenvalue weighted by molar-refractivity contribution is -0.128. The van der Waals surface area contributed by atoms with Crippen molar-refractivity contribution in [1.82, 2.24) is 4.90 Å². The Morgan fingerprint density at radius 2 is 1.91 bits per heavy atom. The summed E-state index contributed by atoms with van der Waals surface area (Å²) in [6.07, 6.45) is 2.53. The first-order valence-corrected chi connectivity index (χ1v) is 7.20. The highest BCUT2D eigenvalue weighted by Gasteiger charge is 2.26. The molecule has 2 rings (SSSR count). The zero-order chi connectivity index (χ0) is 16.1. The summed E-state index contributed by atoms with van der Waals surface area (Å²) in [6, 6.07) is 2.25. The lowest BCUT2D eigenvalue weighted by atomic mass is 10.0. The number of ether oxygens (including phenoxy) is 2. The van der Waals surface area contributed by atoms with Gasteiger partial charge in [0.1, 0.15) is 24.0 Å². The molecule has 0 aromatic heterocycles. The van der Waals surface area contributed by atoms with E-state index in [-0.39, 0.29) is 29.5 Å². The van der Waals surface area contributed by atoms with Crippen molar-refractivity contribution in [2.24, 2.45) is 0 Å². The molecule has 0 saturated carbocycles. The minimum absolute atomic E-state index is 0.0987. The third-order valence-electron chi connectivity index (χ3n) is 3.43. The maximum absolute atomic E-state index is 14.3. The van der Waals surface area contributed by atoms with Crippen LogP contribution in [0.15, 0.2) is 18.2 Å². The number of carbonyl (C=O) groups is 1. The van der Waals surface area contributed by atoms with Gasteiger partial charge in [0.25, 0.3) is 0 Å². The highest BCUT2D eigenvalue weighted by molar-refractivity contribution is 5.89. The van der Waals surface area contributed by atoms with E-state index in [0.29, 0.717) is 26.0 Å². The second-order valence-electron chi connectivity index (χ2n) is 4.87. The van der Waals surface area contributed by atoms with Crippen molar-refractivity contribution in [2.45, 2.75) is 19.8 Å². The van der Waals surface area contributed by atoms with Crippen LogP contribution in [0.4, 0.5) is 8.78 Å². The Morgan fingerprint density at radius 1 is 1.23 bits per heavy atom. The predicted octanol–water partition coefficient (Wildman–Crippen LogP) is 2.97. The average Bonchev–Trinajstić information content (AvgIpc) is 2.47. The van der Waals surface area contributed by atoms with Gasteiger partial charge in [-0.05, 0) is 13.3 Å². The fourth-order valence-electron chi connectivity index (χ4n) is 2.42. The van der Waals surface area contributed by atoms with E-state index in [1.54, 1.807) is 13.0 Å². The van der Waals surface area contributed by atoms with Crippen LogP contribution in [-0.4, -0.2) is 37.7 Å². The van der Waals surface area contributed by atoms with Gasteiger partial charge in [0, 0.05) is 32.2 Å². The molecule has 1 aromatic carbocycles. The van der Waals surface area contributed by atoms with Crippen LogP contribution in [0.25, 0.3) is 5.70 Å². The Morgan fingerprint density at radius 3 is 2.50 bits per heavy atom. The summed E-state index contributed by atoms with van der Waals surface area (Å²) in [7, 11) is 1.51. The van der Waals surface area contributed by atoms with Crippen LogP contribution in [0, 0.1) is 11.6 Å². The van der Waals surface area contributed by atoms with E-state index in [1.807, 2.05) is 0 Å². The van der Waals surface area contributed by atoms with E-state index in [0.717, 1.165) is 12.1 Å². The standard InChI is InChI=1S/C16H19F2NO3/c1-3-19-14(5-4-6-15(19)20)16-12(17)9-11(10-13(16)18)22-8-7-21-2/h5,9-10H,3-4,6-8H2,1-2H3. The Kier molecular flexibility index (Phi) is 5.49. The number of benzene rings is 1. The van der Waals surface area contributed by atoms with Crippen LogP contribution in [-0.2, 0) is 9.53 Å². The third kappa shape index (κ3) is 3.44. The molecular formula is C16H19F2NO3. The number of hydrogen-bond acceptors (Lipinski definition) is 3. The van der Waals surface area contributed by atoms with Crippen molar-refractivity contribution in [3.8, 4) is 5.75 Å². The zero-order valence-corrected chi connectivity index (χ0v) is 12.7. The molecule has 0 saturated heterocycles. The van der Waals surface area contributed by atoms with Crippen LogP contribution in [0.2, 0.25) is 0 Å². The molecule has 22 heavy (non-hydrogen) atoms. The monoisotopic (exact) mass is 311 g/mol. The maximum atomic E-state index is 14.3. The smallest absolute Gasteiger partial charge is 0.227 e. The summed E-state index contributed by atoms with van der Waals surface area (Å²) in [5.41, 5.74) is 0.103. The minimum Gasteiger partial charge on any atom is -0.491 e. The normalized spacial score (nSPS) is 15.0. The van der Waals surface area contributed by atoms with Crippen LogP contribution < -0.4 is 4.74 Å². The van der Waals surface area contributed by atoms with Gasteiger partial charge in [-0.2, -0.15) is 0 Å². The number of halogens is 2. The van der Waals surface area contributed by atoms with Crippen molar-refractivity contribution in [3.63, 3.8) is 0 Å². The first-order chi connectivity index (χ1) is 10.6. The predicted molar refractivity (Wildman–Crippen MR) is 78.3 cm³/mol. The molecule has 1 heterocycles. The number of rotatable bonds is 6. The van der Waals surface area contributed by atoms with E-state index in [9.17, 15) is 13.6 Å². The molecule has 4 nitrogen and oxygen atoms in total. The van der Waals surface area contributed by atoms with Gasteiger partial charge >= 0.3 is 0 Å². The molecule has 0 radical (unpaired) electrons. The van der Waals surface area contributed by atoms with Gasteiger partial charge < -0.3 is 14.4 Å². The van der Waals surface area contributed by atoms with E-state index < -0.39 is 11.6 Å². The highest BCUT2D eigenvalue weighted by atomic mass is 19.1. The van der Waals surface area contributed by atoms with Crippen LogP contribution in [0.5, 0.6) is 5.75 Å². The van der Waals surface area contributed by atoms with Crippen molar-refractivity contribution in [2.75, 3.05) is 26.9 Å². The fraction of sp³-hybridized carbons (Fsp3) is 0.438. The Labute approximate surface area is 128 Å². The topological polar surface area (TPSA) is 38.8 Å². The number of hydrogen-bond donors (Lipinski definition) is 0. The molecule has 120 valence electrons. The molecule has 1 amide bonds. The number of amides is 1. The summed E-state index contributed by atoms with van der Waals surface area (Å²) in [5.74, 6) is -1.51. The molecule has 0 spiro atoms. The van der Waals surface area contributed by atoms with Crippen molar-refractivity contribution in [3.05, 3.63) is 35.4 Å². The molecule has 1 aliphatic rings. The summed E-state index contributed by atoms with van der Waals surface area (Å²) in [6.45, 7) is 2.68. The molecule has 1 aliphatic heterocycles. The second kappa shape index (κ2) is 7.35. The number of carbonyl (C=O) groups excluding carboxylic acids is 1. The Bertz CT molecular complexity index is 564. The second-order valence-corrected chi connectivity index (χ2v) is 4.87. The van der Waals surface area contributed by atoms with E-state index in [2.05, 4.69) is 0 Å². The molecule has 0 bridgehead atoms. The quantitative estimate of drug-likeness (QED) is 0.758. The Hall–Kier alpha value is -1.95. The lowest BCUT2D eigenvalue weighted by Gasteiger charge is -2.28. The van der Waals surface area contributed by atoms with Crippen LogP contribution >= 0.6 is 0 Å². The van der Waals surface area contributed by atoms with Gasteiger partial charge in [0.15, 0.2) is 0 Å². The van der Waals surface area contributed by atoms with Crippen LogP contribution in [0.1, 0.15) is 25.3 Å². The number of nitrogens with zero attached hydrogens (tertiary/aromatic N) is 1. The van der Waals surface area contributed by atoms with Gasteiger partial charge in [0.05, 0.1) is 17.9 Å². The maximum Gasteiger partial charge on any atom is 0.227 e. The molecule has 0 fully saturated rings. The molecular weight excluding hydrogens is 292 g/mol. The number of allylic oxidation sites excluding steroid dienone is 1. The largest absolute Gasteiger partial charge is 0.491 e. The third-order valence-corrected chi connectivity index (χ3v) is 3.43. The van der Waals surface area contributed by atoms with Crippen LogP contribution in [0.3, 0.4) is 0 Å². The minimum atomic E-state index is -0.744. The molecule has 0 N–H and O–H groups in total. The van der Waals surface area contributed by atoms with Crippen molar-refractivity contribution in [1.29, 1.82) is 0 Å². The first-order valence-electron chi connectivity index (χ1n) is 7.20. The molecule has 0 atom stereocenters. The summed E-state index contributed by atoms with van der Waals surface area (Å²) >= 11 is 0. The van der Waals surface area contributed by atoms with E-state index in [4.69, 9.17) is 9.47 Å².